The number of rotatable bonds is 2. The molecule has 4 heteroatoms. The van der Waals surface area contributed by atoms with E-state index in [4.69, 9.17) is 15.0 Å². The van der Waals surface area contributed by atoms with Crippen molar-refractivity contribution in [3.63, 3.8) is 0 Å². The first-order chi connectivity index (χ1) is 16.6. The lowest BCUT2D eigenvalue weighted by atomic mass is 9.82. The topological polar surface area (TPSA) is 43.6 Å². The molecule has 0 aliphatic heterocycles. The SMILES string of the molecule is CC1(C)c2ccccc2-c2c1c1ncccc1n2-c1nc(-c2ccccc2)c2ccccc2n1. The van der Waals surface area contributed by atoms with Crippen LogP contribution < -0.4 is 0 Å². The van der Waals surface area contributed by atoms with Crippen LogP contribution in [0.5, 0.6) is 0 Å². The Balaban J connectivity index is 1.63. The molecule has 1 aliphatic rings. The maximum absolute atomic E-state index is 5.19. The first-order valence-corrected chi connectivity index (χ1v) is 11.6. The summed E-state index contributed by atoms with van der Waals surface area (Å²) in [5.41, 5.74) is 9.73. The van der Waals surface area contributed by atoms with Gasteiger partial charge in [-0.3, -0.25) is 9.55 Å². The summed E-state index contributed by atoms with van der Waals surface area (Å²) in [6.07, 6.45) is 1.88. The maximum Gasteiger partial charge on any atom is 0.235 e. The fourth-order valence-corrected chi connectivity index (χ4v) is 5.52. The van der Waals surface area contributed by atoms with Crippen LogP contribution >= 0.6 is 0 Å². The number of hydrogen-bond donors (Lipinski definition) is 0. The van der Waals surface area contributed by atoms with Gasteiger partial charge in [0.05, 0.1) is 27.9 Å². The monoisotopic (exact) mass is 438 g/mol. The highest BCUT2D eigenvalue weighted by Crippen LogP contribution is 2.52. The summed E-state index contributed by atoms with van der Waals surface area (Å²) in [5, 5.41) is 1.05. The van der Waals surface area contributed by atoms with E-state index in [1.54, 1.807) is 0 Å². The molecule has 3 heterocycles. The number of fused-ring (bicyclic) bond motifs is 6. The van der Waals surface area contributed by atoms with Crippen molar-refractivity contribution in [3.05, 3.63) is 108 Å². The molecule has 0 atom stereocenters. The Hall–Kier alpha value is -4.31. The summed E-state index contributed by atoms with van der Waals surface area (Å²) in [7, 11) is 0. The number of pyridine rings is 1. The van der Waals surface area contributed by atoms with Gasteiger partial charge >= 0.3 is 0 Å². The highest BCUT2D eigenvalue weighted by atomic mass is 15.2. The van der Waals surface area contributed by atoms with Crippen LogP contribution in [-0.2, 0) is 5.41 Å². The van der Waals surface area contributed by atoms with Crippen molar-refractivity contribution in [2.45, 2.75) is 19.3 Å². The minimum Gasteiger partial charge on any atom is -0.276 e. The summed E-state index contributed by atoms with van der Waals surface area (Å²) in [6.45, 7) is 4.57. The van der Waals surface area contributed by atoms with Gasteiger partial charge in [-0.05, 0) is 23.8 Å². The van der Waals surface area contributed by atoms with Crippen molar-refractivity contribution in [1.29, 1.82) is 0 Å². The zero-order valence-corrected chi connectivity index (χ0v) is 19.0. The first kappa shape index (κ1) is 19.2. The fraction of sp³-hybridized carbons (Fsp3) is 0.100. The van der Waals surface area contributed by atoms with Gasteiger partial charge in [-0.1, -0.05) is 86.6 Å². The summed E-state index contributed by atoms with van der Waals surface area (Å²) in [5.74, 6) is 0.671. The van der Waals surface area contributed by atoms with E-state index >= 15 is 0 Å². The van der Waals surface area contributed by atoms with Crippen molar-refractivity contribution in [1.82, 2.24) is 19.5 Å². The van der Waals surface area contributed by atoms with Crippen molar-refractivity contribution >= 4 is 21.9 Å². The molecule has 4 nitrogen and oxygen atoms in total. The molecule has 1 aliphatic carbocycles. The second kappa shape index (κ2) is 6.84. The van der Waals surface area contributed by atoms with Gasteiger partial charge in [0.15, 0.2) is 0 Å². The van der Waals surface area contributed by atoms with E-state index in [2.05, 4.69) is 85.1 Å². The van der Waals surface area contributed by atoms with Crippen LogP contribution in [0.2, 0.25) is 0 Å². The molecule has 0 unspecified atom stereocenters. The number of aromatic nitrogens is 4. The van der Waals surface area contributed by atoms with Gasteiger partial charge in [-0.15, -0.1) is 0 Å². The van der Waals surface area contributed by atoms with Crippen molar-refractivity contribution in [2.24, 2.45) is 0 Å². The lowest BCUT2D eigenvalue weighted by Gasteiger charge is -2.20. The predicted molar refractivity (Wildman–Crippen MR) is 137 cm³/mol. The molecule has 6 aromatic rings. The fourth-order valence-electron chi connectivity index (χ4n) is 5.52. The van der Waals surface area contributed by atoms with Crippen molar-refractivity contribution in [2.75, 3.05) is 0 Å². The molecule has 3 aromatic carbocycles. The molecular formula is C30H22N4. The lowest BCUT2D eigenvalue weighted by Crippen LogP contribution is -2.15. The van der Waals surface area contributed by atoms with Gasteiger partial charge in [-0.2, -0.15) is 0 Å². The van der Waals surface area contributed by atoms with Gasteiger partial charge in [0.25, 0.3) is 0 Å². The molecule has 0 saturated heterocycles. The molecule has 0 amide bonds. The predicted octanol–water partition coefficient (Wildman–Crippen LogP) is 6.94. The van der Waals surface area contributed by atoms with E-state index in [0.717, 1.165) is 38.9 Å². The average molecular weight is 439 g/mol. The smallest absolute Gasteiger partial charge is 0.235 e. The maximum atomic E-state index is 5.19. The Morgan fingerprint density at radius 3 is 2.38 bits per heavy atom. The third-order valence-corrected chi connectivity index (χ3v) is 7.04. The molecule has 0 spiro atoms. The summed E-state index contributed by atoms with van der Waals surface area (Å²) >= 11 is 0. The third kappa shape index (κ3) is 2.51. The Morgan fingerprint density at radius 1 is 0.735 bits per heavy atom. The number of para-hydroxylation sites is 1. The Kier molecular flexibility index (Phi) is 3.86. The van der Waals surface area contributed by atoms with Gasteiger partial charge in [0, 0.05) is 33.7 Å². The van der Waals surface area contributed by atoms with Crippen LogP contribution in [0.3, 0.4) is 0 Å². The standard InChI is InChI=1S/C30H22N4/c1-30(2)22-15-8-6-13-20(22)28-25(30)27-24(17-10-18-31-27)34(28)29-32-23-16-9-7-14-21(23)26(33-29)19-11-4-3-5-12-19/h3-18H,1-2H3. The summed E-state index contributed by atoms with van der Waals surface area (Å²) in [6, 6.07) is 31.4. The second-order valence-electron chi connectivity index (χ2n) is 9.36. The highest BCUT2D eigenvalue weighted by Gasteiger charge is 2.41. The van der Waals surface area contributed by atoms with E-state index in [1.165, 1.54) is 16.7 Å². The number of nitrogens with zero attached hydrogens (tertiary/aromatic N) is 4. The summed E-state index contributed by atoms with van der Waals surface area (Å²) in [4.78, 5) is 15.1. The molecule has 0 bridgehead atoms. The van der Waals surface area contributed by atoms with Crippen LogP contribution in [0, 0.1) is 0 Å². The Labute approximate surface area is 197 Å². The van der Waals surface area contributed by atoms with E-state index in [0.29, 0.717) is 5.95 Å². The third-order valence-electron chi connectivity index (χ3n) is 7.04. The van der Waals surface area contributed by atoms with Gasteiger partial charge in [-0.25, -0.2) is 9.97 Å². The molecule has 162 valence electrons. The highest BCUT2D eigenvalue weighted by molar-refractivity contribution is 5.98. The average Bonchev–Trinajstić information content (AvgIpc) is 3.35. The summed E-state index contributed by atoms with van der Waals surface area (Å²) < 4.78 is 2.21. The second-order valence-corrected chi connectivity index (χ2v) is 9.36. The van der Waals surface area contributed by atoms with Gasteiger partial charge in [0.1, 0.15) is 0 Å². The molecule has 0 N–H and O–H groups in total. The number of hydrogen-bond acceptors (Lipinski definition) is 3. The molecular weight excluding hydrogens is 416 g/mol. The largest absolute Gasteiger partial charge is 0.276 e. The lowest BCUT2D eigenvalue weighted by molar-refractivity contribution is 0.665. The molecule has 34 heavy (non-hydrogen) atoms. The van der Waals surface area contributed by atoms with E-state index in [1.807, 2.05) is 30.5 Å². The van der Waals surface area contributed by atoms with E-state index in [-0.39, 0.29) is 5.41 Å². The quantitative estimate of drug-likeness (QED) is 0.294. The zero-order valence-electron chi connectivity index (χ0n) is 19.0. The van der Waals surface area contributed by atoms with Crippen LogP contribution in [0.4, 0.5) is 0 Å². The molecule has 0 saturated carbocycles. The normalized spacial score (nSPS) is 13.8. The van der Waals surface area contributed by atoms with Crippen molar-refractivity contribution in [3.8, 4) is 28.5 Å². The van der Waals surface area contributed by atoms with E-state index < -0.39 is 0 Å². The van der Waals surface area contributed by atoms with Gasteiger partial charge < -0.3 is 0 Å². The molecule has 3 aromatic heterocycles. The number of benzene rings is 3. The minimum atomic E-state index is -0.164. The Morgan fingerprint density at radius 2 is 1.50 bits per heavy atom. The van der Waals surface area contributed by atoms with Crippen LogP contribution in [0.15, 0.2) is 97.2 Å². The molecule has 0 radical (unpaired) electrons. The van der Waals surface area contributed by atoms with Crippen LogP contribution in [0.25, 0.3) is 50.4 Å². The molecule has 7 rings (SSSR count). The Bertz CT molecular complexity index is 1730. The van der Waals surface area contributed by atoms with Gasteiger partial charge in [0.2, 0.25) is 5.95 Å². The van der Waals surface area contributed by atoms with Crippen molar-refractivity contribution < 1.29 is 0 Å². The molecule has 0 fully saturated rings. The van der Waals surface area contributed by atoms with Crippen LogP contribution in [-0.4, -0.2) is 19.5 Å². The van der Waals surface area contributed by atoms with Crippen LogP contribution in [0.1, 0.15) is 25.0 Å². The minimum absolute atomic E-state index is 0.164. The van der Waals surface area contributed by atoms with E-state index in [9.17, 15) is 0 Å². The first-order valence-electron chi connectivity index (χ1n) is 11.6. The zero-order chi connectivity index (χ0) is 22.9.